The van der Waals surface area contributed by atoms with E-state index in [0.717, 1.165) is 28.8 Å². The molecule has 10 heteroatoms. The van der Waals surface area contributed by atoms with Crippen molar-refractivity contribution in [3.8, 4) is 11.5 Å². The number of amides is 1. The topological polar surface area (TPSA) is 68.6 Å². The summed E-state index contributed by atoms with van der Waals surface area (Å²) in [7, 11) is 2.97. The largest absolute Gasteiger partial charge is 0.493 e. The number of aryl methyl sites for hydroxylation is 1. The van der Waals surface area contributed by atoms with Crippen LogP contribution >= 0.6 is 0 Å². The van der Waals surface area contributed by atoms with Crippen molar-refractivity contribution in [3.05, 3.63) is 65.4 Å². The fourth-order valence-corrected chi connectivity index (χ4v) is 4.85. The number of carbonyl (C=O) groups is 1. The van der Waals surface area contributed by atoms with Crippen molar-refractivity contribution < 1.29 is 27.4 Å². The van der Waals surface area contributed by atoms with E-state index in [1.807, 2.05) is 24.3 Å². The number of ether oxygens (including phenoxy) is 2. The monoisotopic (exact) mass is 486 g/mol. The molecule has 0 unspecified atom stereocenters. The lowest BCUT2D eigenvalue weighted by Gasteiger charge is -2.33. The number of hydrogen-bond acceptors (Lipinski definition) is 5. The second-order valence-corrected chi connectivity index (χ2v) is 8.65. The normalized spacial score (nSPS) is 19.4. The fourth-order valence-electron chi connectivity index (χ4n) is 4.85. The number of hydrogen-bond donors (Lipinski definition) is 1. The number of nitrogens with one attached hydrogen (secondary N) is 1. The molecule has 3 heterocycles. The van der Waals surface area contributed by atoms with Gasteiger partial charge >= 0.3 is 6.18 Å². The van der Waals surface area contributed by atoms with Gasteiger partial charge in [0.05, 0.1) is 20.3 Å². The summed E-state index contributed by atoms with van der Waals surface area (Å²) in [4.78, 5) is 15.0. The molecule has 2 aliphatic rings. The molecule has 0 bridgehead atoms. The predicted octanol–water partition coefficient (Wildman–Crippen LogP) is 5.15. The number of alkyl halides is 3. The second kappa shape index (κ2) is 8.83. The minimum absolute atomic E-state index is 0.0218. The van der Waals surface area contributed by atoms with Crippen LogP contribution in [0.1, 0.15) is 46.5 Å². The Morgan fingerprint density at radius 3 is 2.60 bits per heavy atom. The van der Waals surface area contributed by atoms with Crippen LogP contribution in [-0.2, 0) is 6.42 Å². The molecule has 2 aliphatic heterocycles. The molecular formula is C25H25F3N4O3. The Labute approximate surface area is 200 Å². The number of benzene rings is 2. The third kappa shape index (κ3) is 4.17. The van der Waals surface area contributed by atoms with Gasteiger partial charge in [-0.05, 0) is 42.2 Å². The van der Waals surface area contributed by atoms with Gasteiger partial charge in [0.1, 0.15) is 5.82 Å². The summed E-state index contributed by atoms with van der Waals surface area (Å²) in [5.41, 5.74) is 2.41. The highest BCUT2D eigenvalue weighted by atomic mass is 19.4. The van der Waals surface area contributed by atoms with Crippen molar-refractivity contribution in [1.29, 1.82) is 0 Å². The number of halogens is 3. The first-order valence-corrected chi connectivity index (χ1v) is 11.3. The molecule has 0 saturated carbocycles. The Balaban J connectivity index is 1.49. The molecule has 2 atom stereocenters. The third-order valence-corrected chi connectivity index (χ3v) is 6.57. The van der Waals surface area contributed by atoms with Crippen LogP contribution in [0.2, 0.25) is 0 Å². The van der Waals surface area contributed by atoms with Crippen molar-refractivity contribution in [2.45, 2.75) is 37.5 Å². The zero-order valence-corrected chi connectivity index (χ0v) is 19.3. The van der Waals surface area contributed by atoms with E-state index < -0.39 is 24.2 Å². The quantitative estimate of drug-likeness (QED) is 0.552. The molecule has 5 rings (SSSR count). The Morgan fingerprint density at radius 1 is 1.09 bits per heavy atom. The maximum absolute atomic E-state index is 14.1. The lowest BCUT2D eigenvalue weighted by atomic mass is 9.96. The van der Waals surface area contributed by atoms with Crippen LogP contribution in [0.3, 0.4) is 0 Å². The summed E-state index contributed by atoms with van der Waals surface area (Å²) >= 11 is 0. The van der Waals surface area contributed by atoms with E-state index in [9.17, 15) is 18.0 Å². The maximum atomic E-state index is 14.1. The highest BCUT2D eigenvalue weighted by Crippen LogP contribution is 2.45. The highest BCUT2D eigenvalue weighted by molar-refractivity contribution is 6.06. The molecule has 3 aromatic rings. The average Bonchev–Trinajstić information content (AvgIpc) is 3.30. The molecular weight excluding hydrogens is 461 g/mol. The van der Waals surface area contributed by atoms with E-state index in [0.29, 0.717) is 23.6 Å². The van der Waals surface area contributed by atoms with Gasteiger partial charge < -0.3 is 19.7 Å². The minimum atomic E-state index is -4.55. The van der Waals surface area contributed by atoms with Gasteiger partial charge in [-0.25, -0.2) is 4.68 Å². The van der Waals surface area contributed by atoms with Gasteiger partial charge in [-0.15, -0.1) is 0 Å². The zero-order valence-electron chi connectivity index (χ0n) is 19.3. The molecule has 184 valence electrons. The molecule has 0 saturated heterocycles. The van der Waals surface area contributed by atoms with Crippen LogP contribution in [0.4, 0.5) is 24.7 Å². The number of aromatic nitrogens is 2. The summed E-state index contributed by atoms with van der Waals surface area (Å²) in [6.45, 7) is 0.489. The van der Waals surface area contributed by atoms with Crippen molar-refractivity contribution in [3.63, 3.8) is 0 Å². The highest BCUT2D eigenvalue weighted by Gasteiger charge is 2.47. The van der Waals surface area contributed by atoms with Gasteiger partial charge in [0.2, 0.25) is 0 Å². The van der Waals surface area contributed by atoms with Gasteiger partial charge in [0, 0.05) is 24.7 Å². The summed E-state index contributed by atoms with van der Waals surface area (Å²) in [6, 6.07) is 11.5. The van der Waals surface area contributed by atoms with Crippen molar-refractivity contribution >= 4 is 17.4 Å². The Kier molecular flexibility index (Phi) is 5.82. The first kappa shape index (κ1) is 23.1. The van der Waals surface area contributed by atoms with E-state index >= 15 is 0 Å². The van der Waals surface area contributed by atoms with Crippen LogP contribution in [0.5, 0.6) is 11.5 Å². The molecule has 0 fully saturated rings. The summed E-state index contributed by atoms with van der Waals surface area (Å²) in [5, 5.41) is 7.27. The van der Waals surface area contributed by atoms with Crippen molar-refractivity contribution in [2.75, 3.05) is 31.0 Å². The predicted molar refractivity (Wildman–Crippen MR) is 124 cm³/mol. The van der Waals surface area contributed by atoms with Crippen molar-refractivity contribution in [2.24, 2.45) is 0 Å². The number of anilines is 2. The third-order valence-electron chi connectivity index (χ3n) is 6.57. The van der Waals surface area contributed by atoms with E-state index in [1.165, 1.54) is 20.3 Å². The van der Waals surface area contributed by atoms with Crippen LogP contribution < -0.4 is 19.7 Å². The molecule has 1 amide bonds. The lowest BCUT2D eigenvalue weighted by Crippen LogP contribution is -2.37. The Bertz CT molecular complexity index is 1260. The number of methoxy groups -OCH3 is 2. The number of nitrogens with zero attached hydrogens (tertiary/aromatic N) is 3. The molecule has 7 nitrogen and oxygen atoms in total. The van der Waals surface area contributed by atoms with Gasteiger partial charge in [0.15, 0.2) is 23.2 Å². The first-order chi connectivity index (χ1) is 16.8. The lowest BCUT2D eigenvalue weighted by molar-refractivity contribution is -0.173. The van der Waals surface area contributed by atoms with Gasteiger partial charge in [-0.2, -0.15) is 18.3 Å². The molecule has 0 spiro atoms. The van der Waals surface area contributed by atoms with E-state index in [2.05, 4.69) is 10.4 Å². The summed E-state index contributed by atoms with van der Waals surface area (Å²) < 4.78 is 53.8. The van der Waals surface area contributed by atoms with E-state index in [-0.39, 0.29) is 17.9 Å². The van der Waals surface area contributed by atoms with Gasteiger partial charge in [0.25, 0.3) is 5.91 Å². The molecule has 35 heavy (non-hydrogen) atoms. The van der Waals surface area contributed by atoms with Gasteiger partial charge in [-0.1, -0.05) is 24.3 Å². The van der Waals surface area contributed by atoms with Crippen LogP contribution in [0.25, 0.3) is 0 Å². The molecule has 1 aromatic heterocycles. The number of fused-ring (bicyclic) bond motifs is 2. The smallest absolute Gasteiger partial charge is 0.410 e. The molecule has 0 aliphatic carbocycles. The standard InChI is InChI=1S/C25H25F3N4O3/c1-34-20-10-9-16(12-21(20)35-2)17-13-22(25(26,27)28)32-23(29-17)14-18(30-32)24(33)31-11-5-7-15-6-3-4-8-19(15)31/h3-4,6,8-10,12,14,17,22,29H,5,7,11,13H2,1-2H3/t17-,22-/m1/s1. The summed E-state index contributed by atoms with van der Waals surface area (Å²) in [6.07, 6.45) is -3.20. The SMILES string of the molecule is COc1ccc([C@H]2C[C@H](C(F)(F)F)n3nc(C(=O)N4CCCc5ccccc54)cc3N2)cc1OC. The number of rotatable bonds is 4. The molecule has 1 N–H and O–H groups in total. The minimum Gasteiger partial charge on any atom is -0.493 e. The number of para-hydroxylation sites is 1. The zero-order chi connectivity index (χ0) is 24.7. The summed E-state index contributed by atoms with van der Waals surface area (Å²) in [5.74, 6) is 0.643. The van der Waals surface area contributed by atoms with Crippen molar-refractivity contribution in [1.82, 2.24) is 9.78 Å². The fraction of sp³-hybridized carbons (Fsp3) is 0.360. The van der Waals surface area contributed by atoms with E-state index in [4.69, 9.17) is 9.47 Å². The first-order valence-electron chi connectivity index (χ1n) is 11.3. The average molecular weight is 486 g/mol. The molecule has 2 aromatic carbocycles. The van der Waals surface area contributed by atoms with E-state index in [1.54, 1.807) is 23.1 Å². The Hall–Kier alpha value is -3.69. The Morgan fingerprint density at radius 2 is 1.86 bits per heavy atom. The maximum Gasteiger partial charge on any atom is 0.410 e. The van der Waals surface area contributed by atoms with Crippen LogP contribution in [0.15, 0.2) is 48.5 Å². The van der Waals surface area contributed by atoms with Crippen LogP contribution in [0, 0.1) is 0 Å². The molecule has 0 radical (unpaired) electrons. The van der Waals surface area contributed by atoms with Crippen LogP contribution in [-0.4, -0.2) is 42.6 Å². The number of carbonyl (C=O) groups excluding carboxylic acids is 1. The second-order valence-electron chi connectivity index (χ2n) is 8.65. The van der Waals surface area contributed by atoms with Gasteiger partial charge in [-0.3, -0.25) is 4.79 Å².